The fourth-order valence-electron chi connectivity index (χ4n) is 3.13. The van der Waals surface area contributed by atoms with Gasteiger partial charge in [0.2, 0.25) is 15.9 Å². The van der Waals surface area contributed by atoms with Crippen LogP contribution in [0.25, 0.3) is 0 Å². The minimum Gasteiger partial charge on any atom is -0.325 e. The van der Waals surface area contributed by atoms with Crippen LogP contribution in [0, 0.1) is 0 Å². The summed E-state index contributed by atoms with van der Waals surface area (Å²) in [7, 11) is -3.41. The van der Waals surface area contributed by atoms with E-state index in [0.717, 1.165) is 24.8 Å². The van der Waals surface area contributed by atoms with Crippen molar-refractivity contribution < 1.29 is 13.2 Å². The highest BCUT2D eigenvalue weighted by molar-refractivity contribution is 7.89. The van der Waals surface area contributed by atoms with Gasteiger partial charge in [0.1, 0.15) is 0 Å². The Morgan fingerprint density at radius 3 is 2.52 bits per heavy atom. The van der Waals surface area contributed by atoms with Crippen LogP contribution in [0.5, 0.6) is 0 Å². The number of nitrogens with one attached hydrogen (secondary N) is 1. The molecule has 1 aliphatic heterocycles. The predicted molar refractivity (Wildman–Crippen MR) is 81.3 cm³/mol. The van der Waals surface area contributed by atoms with Gasteiger partial charge >= 0.3 is 0 Å². The zero-order valence-corrected chi connectivity index (χ0v) is 12.7. The van der Waals surface area contributed by atoms with Gasteiger partial charge in [-0.05, 0) is 24.5 Å². The number of benzene rings is 1. The lowest BCUT2D eigenvalue weighted by molar-refractivity contribution is -0.116. The van der Waals surface area contributed by atoms with E-state index in [1.807, 2.05) is 24.3 Å². The summed E-state index contributed by atoms with van der Waals surface area (Å²) in [6.45, 7) is 0.182. The van der Waals surface area contributed by atoms with Crippen LogP contribution in [0.3, 0.4) is 0 Å². The molecular weight excluding hydrogens is 288 g/mol. The molecule has 1 saturated carbocycles. The zero-order valence-electron chi connectivity index (χ0n) is 11.9. The number of sulfonamides is 1. The molecule has 2 aliphatic rings. The third-order valence-electron chi connectivity index (χ3n) is 4.29. The molecule has 6 heteroatoms. The monoisotopic (exact) mass is 308 g/mol. The Hall–Kier alpha value is -1.40. The molecule has 1 amide bonds. The van der Waals surface area contributed by atoms with Crippen LogP contribution in [-0.4, -0.2) is 30.4 Å². The lowest BCUT2D eigenvalue weighted by Crippen LogP contribution is -2.41. The number of carbonyl (C=O) groups is 1. The molecule has 0 unspecified atom stereocenters. The Bertz CT molecular complexity index is 636. The molecule has 114 valence electrons. The minimum atomic E-state index is -3.41. The van der Waals surface area contributed by atoms with E-state index in [-0.39, 0.29) is 24.2 Å². The van der Waals surface area contributed by atoms with Crippen LogP contribution >= 0.6 is 0 Å². The first-order valence-corrected chi connectivity index (χ1v) is 8.94. The van der Waals surface area contributed by atoms with E-state index < -0.39 is 10.0 Å². The highest BCUT2D eigenvalue weighted by Gasteiger charge is 2.35. The Kier molecular flexibility index (Phi) is 3.99. The van der Waals surface area contributed by atoms with Crippen LogP contribution in [0.4, 0.5) is 5.69 Å². The number of carbonyl (C=O) groups excluding carboxylic acids is 1. The van der Waals surface area contributed by atoms with E-state index in [0.29, 0.717) is 18.5 Å². The van der Waals surface area contributed by atoms with Crippen molar-refractivity contribution in [2.24, 2.45) is 0 Å². The van der Waals surface area contributed by atoms with Gasteiger partial charge in [-0.25, -0.2) is 8.42 Å². The van der Waals surface area contributed by atoms with Gasteiger partial charge in [0.05, 0.1) is 11.8 Å². The van der Waals surface area contributed by atoms with Crippen molar-refractivity contribution in [3.8, 4) is 0 Å². The fraction of sp³-hybridized carbons (Fsp3) is 0.533. The Morgan fingerprint density at radius 2 is 1.76 bits per heavy atom. The molecular formula is C15H20N2O3S. The average Bonchev–Trinajstić information content (AvgIpc) is 2.66. The maximum Gasteiger partial charge on any atom is 0.239 e. The fourth-order valence-corrected chi connectivity index (χ4v) is 5.10. The van der Waals surface area contributed by atoms with Crippen LogP contribution in [0.15, 0.2) is 24.3 Å². The van der Waals surface area contributed by atoms with Crippen LogP contribution < -0.4 is 5.32 Å². The van der Waals surface area contributed by atoms with Gasteiger partial charge in [0.15, 0.2) is 0 Å². The maximum atomic E-state index is 12.8. The van der Waals surface area contributed by atoms with Gasteiger partial charge < -0.3 is 5.32 Å². The average molecular weight is 308 g/mol. The molecule has 1 fully saturated rings. The van der Waals surface area contributed by atoms with Gasteiger partial charge in [-0.1, -0.05) is 37.5 Å². The largest absolute Gasteiger partial charge is 0.325 e. The van der Waals surface area contributed by atoms with Crippen molar-refractivity contribution in [3.05, 3.63) is 29.8 Å². The molecule has 1 aromatic rings. The van der Waals surface area contributed by atoms with Gasteiger partial charge in [-0.2, -0.15) is 4.31 Å². The summed E-state index contributed by atoms with van der Waals surface area (Å²) in [5.74, 6) is -0.265. The van der Waals surface area contributed by atoms with Gasteiger partial charge in [-0.15, -0.1) is 0 Å². The molecule has 0 bridgehead atoms. The third-order valence-corrected chi connectivity index (χ3v) is 6.58. The zero-order chi connectivity index (χ0) is 14.9. The number of hydrogen-bond donors (Lipinski definition) is 1. The van der Waals surface area contributed by atoms with Crippen LogP contribution in [0.1, 0.15) is 37.7 Å². The van der Waals surface area contributed by atoms with Crippen molar-refractivity contribution in [1.82, 2.24) is 4.31 Å². The number of rotatable bonds is 2. The molecule has 3 rings (SSSR count). The topological polar surface area (TPSA) is 66.5 Å². The molecule has 0 saturated heterocycles. The van der Waals surface area contributed by atoms with Crippen LogP contribution in [-0.2, 0) is 21.4 Å². The predicted octanol–water partition coefficient (Wildman–Crippen LogP) is 2.10. The van der Waals surface area contributed by atoms with Crippen molar-refractivity contribution in [1.29, 1.82) is 0 Å². The van der Waals surface area contributed by atoms with E-state index in [1.165, 1.54) is 4.31 Å². The molecule has 0 spiro atoms. The summed E-state index contributed by atoms with van der Waals surface area (Å²) in [6.07, 6.45) is 4.45. The van der Waals surface area contributed by atoms with Crippen molar-refractivity contribution in [2.45, 2.75) is 43.9 Å². The lowest BCUT2D eigenvalue weighted by Gasteiger charge is -2.28. The maximum absolute atomic E-state index is 12.8. The quantitative estimate of drug-likeness (QED) is 0.910. The van der Waals surface area contributed by atoms with Gasteiger partial charge in [-0.3, -0.25) is 4.79 Å². The summed E-state index contributed by atoms with van der Waals surface area (Å²) in [5, 5.41) is 2.45. The number of nitrogens with zero attached hydrogens (tertiary/aromatic N) is 1. The SMILES string of the molecule is O=C1CN(S(=O)(=O)C2CCCCC2)Cc2ccccc2N1. The summed E-state index contributed by atoms with van der Waals surface area (Å²) in [6, 6.07) is 7.38. The number of fused-ring (bicyclic) bond motifs is 1. The normalized spacial score (nSPS) is 21.4. The second-order valence-electron chi connectivity index (χ2n) is 5.78. The molecule has 1 N–H and O–H groups in total. The third kappa shape index (κ3) is 2.96. The van der Waals surface area contributed by atoms with Crippen LogP contribution in [0.2, 0.25) is 0 Å². The molecule has 5 nitrogen and oxygen atoms in total. The summed E-state index contributed by atoms with van der Waals surface area (Å²) in [5.41, 5.74) is 1.56. The number of hydrogen-bond acceptors (Lipinski definition) is 3. The summed E-state index contributed by atoms with van der Waals surface area (Å²) >= 11 is 0. The Morgan fingerprint density at radius 1 is 1.05 bits per heavy atom. The van der Waals surface area contributed by atoms with E-state index in [2.05, 4.69) is 5.32 Å². The molecule has 1 aliphatic carbocycles. The summed E-state index contributed by atoms with van der Waals surface area (Å²) in [4.78, 5) is 12.0. The highest BCUT2D eigenvalue weighted by atomic mass is 32.2. The first-order chi connectivity index (χ1) is 10.1. The molecule has 0 radical (unpaired) electrons. The van der Waals surface area contributed by atoms with Crippen molar-refractivity contribution >= 4 is 21.6 Å². The van der Waals surface area contributed by atoms with E-state index >= 15 is 0 Å². The number of para-hydroxylation sites is 1. The van der Waals surface area contributed by atoms with Crippen molar-refractivity contribution in [2.75, 3.05) is 11.9 Å². The molecule has 1 heterocycles. The minimum absolute atomic E-state index is 0.0898. The van der Waals surface area contributed by atoms with Gasteiger partial charge in [0, 0.05) is 12.2 Å². The molecule has 21 heavy (non-hydrogen) atoms. The molecule has 0 aromatic heterocycles. The van der Waals surface area contributed by atoms with E-state index in [1.54, 1.807) is 0 Å². The first-order valence-electron chi connectivity index (χ1n) is 7.44. The van der Waals surface area contributed by atoms with Crippen molar-refractivity contribution in [3.63, 3.8) is 0 Å². The highest BCUT2D eigenvalue weighted by Crippen LogP contribution is 2.29. The summed E-state index contributed by atoms with van der Waals surface area (Å²) < 4.78 is 26.9. The second-order valence-corrected chi connectivity index (χ2v) is 7.99. The Balaban J connectivity index is 1.89. The standard InChI is InChI=1S/C15H20N2O3S/c18-15-11-17(10-12-6-4-5-9-14(12)16-15)21(19,20)13-7-2-1-3-8-13/h4-6,9,13H,1-3,7-8,10-11H2,(H,16,18). The smallest absolute Gasteiger partial charge is 0.239 e. The Labute approximate surface area is 125 Å². The lowest BCUT2D eigenvalue weighted by atomic mass is 10.0. The van der Waals surface area contributed by atoms with E-state index in [9.17, 15) is 13.2 Å². The number of amides is 1. The van der Waals surface area contributed by atoms with Gasteiger partial charge in [0.25, 0.3) is 0 Å². The molecule has 1 aromatic carbocycles. The molecule has 0 atom stereocenters. The second kappa shape index (κ2) is 5.77. The van der Waals surface area contributed by atoms with E-state index in [4.69, 9.17) is 0 Å². The number of anilines is 1. The first kappa shape index (κ1) is 14.5.